The maximum atomic E-state index is 11.5. The number of aromatic amines is 1. The zero-order valence-corrected chi connectivity index (χ0v) is 11.5. The molecule has 1 saturated carbocycles. The molecule has 3 rings (SSSR count). The molecule has 2 aromatic rings. The smallest absolute Gasteiger partial charge is 0.330 e. The molecule has 1 atom stereocenters. The summed E-state index contributed by atoms with van der Waals surface area (Å²) in [5, 5.41) is 3.51. The van der Waals surface area contributed by atoms with Gasteiger partial charge < -0.3 is 15.0 Å². The van der Waals surface area contributed by atoms with Gasteiger partial charge in [0, 0.05) is 25.2 Å². The Morgan fingerprint density at radius 3 is 2.70 bits per heavy atom. The van der Waals surface area contributed by atoms with Crippen molar-refractivity contribution in [1.29, 1.82) is 0 Å². The number of ether oxygens (including phenoxy) is 1. The van der Waals surface area contributed by atoms with Gasteiger partial charge in [-0.1, -0.05) is 0 Å². The fourth-order valence-electron chi connectivity index (χ4n) is 2.43. The molecule has 1 heterocycles. The van der Waals surface area contributed by atoms with Crippen LogP contribution in [0, 0.1) is 5.92 Å². The van der Waals surface area contributed by atoms with Crippen molar-refractivity contribution in [3.63, 3.8) is 0 Å². The third-order valence-corrected chi connectivity index (χ3v) is 3.68. The zero-order valence-electron chi connectivity index (χ0n) is 11.5. The van der Waals surface area contributed by atoms with Crippen LogP contribution in [0.3, 0.4) is 0 Å². The minimum Gasteiger partial charge on any atom is -0.383 e. The van der Waals surface area contributed by atoms with E-state index in [1.54, 1.807) is 24.1 Å². The minimum absolute atomic E-state index is 0.124. The largest absolute Gasteiger partial charge is 0.383 e. The van der Waals surface area contributed by atoms with Gasteiger partial charge in [0.1, 0.15) is 0 Å². The number of H-pyrrole nitrogens is 1. The summed E-state index contributed by atoms with van der Waals surface area (Å²) in [5.41, 5.74) is 1.80. The first kappa shape index (κ1) is 13.0. The molecule has 0 spiro atoms. The average molecular weight is 273 g/mol. The number of nitrogens with one attached hydrogen (secondary N) is 2. The molecule has 1 aliphatic rings. The van der Waals surface area contributed by atoms with E-state index in [9.17, 15) is 4.79 Å². The van der Waals surface area contributed by atoms with Crippen LogP contribution in [-0.2, 0) is 4.74 Å². The van der Waals surface area contributed by atoms with Gasteiger partial charge >= 0.3 is 5.69 Å². The Morgan fingerprint density at radius 1 is 1.40 bits per heavy atom. The number of nitrogens with zero attached hydrogens (tertiary/aromatic N) is 1. The normalized spacial score (nSPS) is 16.1. The highest BCUT2D eigenvalue weighted by Crippen LogP contribution is 2.34. The van der Waals surface area contributed by atoms with Crippen molar-refractivity contribution in [2.24, 2.45) is 5.92 Å². The first-order valence-corrected chi connectivity index (χ1v) is 6.90. The van der Waals surface area contributed by atoms with Crippen LogP contribution in [0.4, 0.5) is 5.69 Å². The van der Waals surface area contributed by atoms with Crippen LogP contribution in [-0.4, -0.2) is 29.3 Å². The van der Waals surface area contributed by atoms with Crippen LogP contribution < -0.4 is 11.0 Å². The lowest BCUT2D eigenvalue weighted by Crippen LogP contribution is -2.27. The summed E-state index contributed by atoms with van der Waals surface area (Å²) < 4.78 is 6.84. The van der Waals surface area contributed by atoms with Gasteiger partial charge in [0.05, 0.1) is 18.3 Å². The number of anilines is 1. The van der Waals surface area contributed by atoms with Gasteiger partial charge in [-0.2, -0.15) is 0 Å². The van der Waals surface area contributed by atoms with E-state index in [0.717, 1.165) is 23.9 Å². The third-order valence-electron chi connectivity index (χ3n) is 3.68. The lowest BCUT2D eigenvalue weighted by atomic mass is 10.2. The monoisotopic (exact) mass is 273 g/mol. The summed E-state index contributed by atoms with van der Waals surface area (Å²) in [6, 6.07) is 8.25. The highest BCUT2D eigenvalue weighted by molar-refractivity contribution is 5.49. The van der Waals surface area contributed by atoms with Crippen LogP contribution in [0.5, 0.6) is 0 Å². The van der Waals surface area contributed by atoms with E-state index in [0.29, 0.717) is 6.04 Å². The van der Waals surface area contributed by atoms with E-state index in [-0.39, 0.29) is 5.69 Å². The summed E-state index contributed by atoms with van der Waals surface area (Å²) in [4.78, 5) is 14.2. The van der Waals surface area contributed by atoms with E-state index in [1.165, 1.54) is 12.8 Å². The van der Waals surface area contributed by atoms with Crippen LogP contribution in [0.1, 0.15) is 12.8 Å². The van der Waals surface area contributed by atoms with Crippen molar-refractivity contribution < 1.29 is 4.74 Å². The molecule has 0 aliphatic heterocycles. The second-order valence-corrected chi connectivity index (χ2v) is 5.23. The first-order chi connectivity index (χ1) is 9.78. The molecule has 1 unspecified atom stereocenters. The number of hydrogen-bond acceptors (Lipinski definition) is 3. The molecule has 5 nitrogen and oxygen atoms in total. The molecule has 1 aromatic carbocycles. The Hall–Kier alpha value is -2.01. The van der Waals surface area contributed by atoms with Gasteiger partial charge in [-0.25, -0.2) is 4.79 Å². The fourth-order valence-corrected chi connectivity index (χ4v) is 2.43. The fraction of sp³-hybridized carbons (Fsp3) is 0.400. The molecule has 0 amide bonds. The van der Waals surface area contributed by atoms with Gasteiger partial charge in [-0.15, -0.1) is 0 Å². The first-order valence-electron chi connectivity index (χ1n) is 6.90. The second-order valence-electron chi connectivity index (χ2n) is 5.23. The van der Waals surface area contributed by atoms with Crippen molar-refractivity contribution in [3.05, 3.63) is 47.1 Å². The third kappa shape index (κ3) is 2.77. The molecule has 106 valence electrons. The van der Waals surface area contributed by atoms with E-state index in [2.05, 4.69) is 10.3 Å². The van der Waals surface area contributed by atoms with Crippen LogP contribution >= 0.6 is 0 Å². The molecule has 20 heavy (non-hydrogen) atoms. The molecule has 1 aromatic heterocycles. The van der Waals surface area contributed by atoms with Crippen LogP contribution in [0.15, 0.2) is 41.5 Å². The predicted molar refractivity (Wildman–Crippen MR) is 78.4 cm³/mol. The number of imidazole rings is 1. The molecular weight excluding hydrogens is 254 g/mol. The molecule has 1 aliphatic carbocycles. The van der Waals surface area contributed by atoms with E-state index >= 15 is 0 Å². The van der Waals surface area contributed by atoms with Gasteiger partial charge in [0.2, 0.25) is 0 Å². The van der Waals surface area contributed by atoms with E-state index in [4.69, 9.17) is 4.74 Å². The van der Waals surface area contributed by atoms with Gasteiger partial charge in [-0.05, 0) is 43.0 Å². The Balaban J connectivity index is 1.72. The molecule has 0 bridgehead atoms. The van der Waals surface area contributed by atoms with Crippen molar-refractivity contribution in [1.82, 2.24) is 9.55 Å². The van der Waals surface area contributed by atoms with E-state index < -0.39 is 0 Å². The molecule has 1 fully saturated rings. The lowest BCUT2D eigenvalue weighted by Gasteiger charge is -2.18. The Bertz CT molecular complexity index is 611. The molecule has 5 heteroatoms. The maximum Gasteiger partial charge on any atom is 0.330 e. The Labute approximate surface area is 117 Å². The highest BCUT2D eigenvalue weighted by atomic mass is 16.5. The average Bonchev–Trinajstić information content (AvgIpc) is 3.22. The number of aromatic nitrogens is 2. The highest BCUT2D eigenvalue weighted by Gasteiger charge is 2.30. The summed E-state index contributed by atoms with van der Waals surface area (Å²) in [6.07, 6.45) is 5.91. The van der Waals surface area contributed by atoms with Crippen molar-refractivity contribution >= 4 is 5.69 Å². The van der Waals surface area contributed by atoms with Gasteiger partial charge in [0.15, 0.2) is 0 Å². The number of hydrogen-bond donors (Lipinski definition) is 2. The SMILES string of the molecule is COCC(Nc1ccc(-n2cc[nH]c2=O)cc1)C1CC1. The van der Waals surface area contributed by atoms with Crippen molar-refractivity contribution in [2.45, 2.75) is 18.9 Å². The number of rotatable bonds is 6. The summed E-state index contributed by atoms with van der Waals surface area (Å²) in [6.45, 7) is 0.726. The maximum absolute atomic E-state index is 11.5. The number of methoxy groups -OCH3 is 1. The number of benzene rings is 1. The molecule has 0 radical (unpaired) electrons. The topological polar surface area (TPSA) is 59.0 Å². The second kappa shape index (κ2) is 5.54. The van der Waals surface area contributed by atoms with Crippen LogP contribution in [0.2, 0.25) is 0 Å². The Kier molecular flexibility index (Phi) is 3.60. The summed E-state index contributed by atoms with van der Waals surface area (Å²) in [5.74, 6) is 0.724. The quantitative estimate of drug-likeness (QED) is 0.846. The van der Waals surface area contributed by atoms with Gasteiger partial charge in [0.25, 0.3) is 0 Å². The Morgan fingerprint density at radius 2 is 2.15 bits per heavy atom. The van der Waals surface area contributed by atoms with E-state index in [1.807, 2.05) is 24.3 Å². The summed E-state index contributed by atoms with van der Waals surface area (Å²) in [7, 11) is 1.73. The zero-order chi connectivity index (χ0) is 13.9. The standard InChI is InChI=1S/C15H19N3O2/c1-20-10-14(11-2-3-11)17-12-4-6-13(7-5-12)18-9-8-16-15(18)19/h4-9,11,14,17H,2-3,10H2,1H3,(H,16,19). The van der Waals surface area contributed by atoms with Crippen LogP contribution in [0.25, 0.3) is 5.69 Å². The molecular formula is C15H19N3O2. The molecule has 2 N–H and O–H groups in total. The summed E-state index contributed by atoms with van der Waals surface area (Å²) >= 11 is 0. The molecule has 0 saturated heterocycles. The van der Waals surface area contributed by atoms with Gasteiger partial charge in [-0.3, -0.25) is 4.57 Å². The minimum atomic E-state index is -0.124. The predicted octanol–water partition coefficient (Wildman–Crippen LogP) is 2.00. The lowest BCUT2D eigenvalue weighted by molar-refractivity contribution is 0.179. The van der Waals surface area contributed by atoms with Crippen molar-refractivity contribution in [2.75, 3.05) is 19.0 Å². The van der Waals surface area contributed by atoms with Crippen molar-refractivity contribution in [3.8, 4) is 5.69 Å².